The fraction of sp³-hybridized carbons (Fsp3) is 0.571. The minimum atomic E-state index is -2.86. The smallest absolute Gasteiger partial charge is 0.148 e. The maximum atomic E-state index is 11.2. The Morgan fingerprint density at radius 2 is 1.80 bits per heavy atom. The number of nitrogens with zero attached hydrogens (tertiary/aromatic N) is 2. The highest BCUT2D eigenvalue weighted by Crippen LogP contribution is 2.13. The lowest BCUT2D eigenvalue weighted by Gasteiger charge is -2.34. The number of benzene rings is 1. The molecule has 1 heterocycles. The van der Waals surface area contributed by atoms with Crippen LogP contribution in [0.2, 0.25) is 5.02 Å². The van der Waals surface area contributed by atoms with Gasteiger partial charge in [0, 0.05) is 50.5 Å². The molecule has 0 bridgehead atoms. The lowest BCUT2D eigenvalue weighted by Crippen LogP contribution is -2.47. The highest BCUT2D eigenvalue weighted by Gasteiger charge is 2.17. The minimum absolute atomic E-state index is 0.251. The van der Waals surface area contributed by atoms with Gasteiger partial charge in [0.15, 0.2) is 0 Å². The second-order valence-corrected chi connectivity index (χ2v) is 8.07. The van der Waals surface area contributed by atoms with Crippen molar-refractivity contribution in [1.82, 2.24) is 9.80 Å². The van der Waals surface area contributed by atoms with Crippen LogP contribution in [0.3, 0.4) is 0 Å². The van der Waals surface area contributed by atoms with Gasteiger partial charge in [0.2, 0.25) is 0 Å². The summed E-state index contributed by atoms with van der Waals surface area (Å²) >= 11 is 5.99. The largest absolute Gasteiger partial charge is 0.300 e. The molecule has 1 aliphatic heterocycles. The van der Waals surface area contributed by atoms with E-state index in [1.165, 1.54) is 11.8 Å². The third-order valence-electron chi connectivity index (χ3n) is 3.54. The Bertz CT molecular complexity index is 540. The van der Waals surface area contributed by atoms with Crippen LogP contribution in [0, 0.1) is 0 Å². The van der Waals surface area contributed by atoms with Gasteiger partial charge in [0.05, 0.1) is 5.75 Å². The van der Waals surface area contributed by atoms with Gasteiger partial charge in [0.1, 0.15) is 9.84 Å². The van der Waals surface area contributed by atoms with Crippen molar-refractivity contribution in [1.29, 1.82) is 0 Å². The molecule has 112 valence electrons. The molecule has 6 heteroatoms. The number of halogens is 1. The molecule has 1 aliphatic rings. The molecule has 0 aromatic heterocycles. The fourth-order valence-electron chi connectivity index (χ4n) is 2.36. The third kappa shape index (κ3) is 5.40. The van der Waals surface area contributed by atoms with Gasteiger partial charge in [0.25, 0.3) is 0 Å². The van der Waals surface area contributed by atoms with Crippen LogP contribution in [0.15, 0.2) is 24.3 Å². The minimum Gasteiger partial charge on any atom is -0.300 e. The summed E-state index contributed by atoms with van der Waals surface area (Å²) in [5.41, 5.74) is 1.22. The summed E-state index contributed by atoms with van der Waals surface area (Å²) in [5.74, 6) is 0.251. The molecule has 4 nitrogen and oxygen atoms in total. The van der Waals surface area contributed by atoms with E-state index in [9.17, 15) is 8.42 Å². The van der Waals surface area contributed by atoms with Gasteiger partial charge in [-0.15, -0.1) is 0 Å². The van der Waals surface area contributed by atoms with Crippen LogP contribution < -0.4 is 0 Å². The van der Waals surface area contributed by atoms with Crippen LogP contribution in [0.25, 0.3) is 0 Å². The van der Waals surface area contributed by atoms with E-state index in [1.54, 1.807) is 0 Å². The van der Waals surface area contributed by atoms with Crippen molar-refractivity contribution < 1.29 is 8.42 Å². The molecule has 0 aliphatic carbocycles. The van der Waals surface area contributed by atoms with Crippen molar-refractivity contribution in [3.05, 3.63) is 34.9 Å². The van der Waals surface area contributed by atoms with Gasteiger partial charge in [-0.25, -0.2) is 8.42 Å². The summed E-state index contributed by atoms with van der Waals surface area (Å²) in [6, 6.07) is 7.94. The zero-order chi connectivity index (χ0) is 14.6. The molecule has 0 atom stereocenters. The molecule has 1 aromatic carbocycles. The summed E-state index contributed by atoms with van der Waals surface area (Å²) in [4.78, 5) is 4.60. The average Bonchev–Trinajstić information content (AvgIpc) is 2.37. The molecular formula is C14H21ClN2O2S. The van der Waals surface area contributed by atoms with Crippen LogP contribution in [0.1, 0.15) is 5.56 Å². The van der Waals surface area contributed by atoms with Gasteiger partial charge in [-0.05, 0) is 17.7 Å². The van der Waals surface area contributed by atoms with E-state index in [-0.39, 0.29) is 5.75 Å². The maximum Gasteiger partial charge on any atom is 0.148 e. The number of piperazine rings is 1. The van der Waals surface area contributed by atoms with Gasteiger partial charge in [-0.2, -0.15) is 0 Å². The van der Waals surface area contributed by atoms with Crippen molar-refractivity contribution in [2.75, 3.05) is 44.7 Å². The van der Waals surface area contributed by atoms with Crippen molar-refractivity contribution in [3.8, 4) is 0 Å². The van der Waals surface area contributed by atoms with Crippen LogP contribution in [0.4, 0.5) is 0 Å². The van der Waals surface area contributed by atoms with Gasteiger partial charge < -0.3 is 0 Å². The number of sulfone groups is 1. The lowest BCUT2D eigenvalue weighted by atomic mass is 10.2. The Hall–Kier alpha value is -0.620. The molecule has 0 unspecified atom stereocenters. The highest BCUT2D eigenvalue weighted by molar-refractivity contribution is 7.90. The first kappa shape index (κ1) is 15.8. The molecule has 20 heavy (non-hydrogen) atoms. The van der Waals surface area contributed by atoms with Crippen molar-refractivity contribution in [2.24, 2.45) is 0 Å². The zero-order valence-corrected chi connectivity index (χ0v) is 13.3. The SMILES string of the molecule is CS(=O)(=O)CCN1CCN(Cc2cccc(Cl)c2)CC1. The first-order valence-corrected chi connectivity index (χ1v) is 9.23. The number of hydrogen-bond donors (Lipinski definition) is 0. The Balaban J connectivity index is 1.77. The van der Waals surface area contributed by atoms with Gasteiger partial charge in [-0.3, -0.25) is 9.80 Å². The predicted molar refractivity (Wildman–Crippen MR) is 82.9 cm³/mol. The van der Waals surface area contributed by atoms with E-state index in [1.807, 2.05) is 18.2 Å². The highest BCUT2D eigenvalue weighted by atomic mass is 35.5. The Labute approximate surface area is 126 Å². The van der Waals surface area contributed by atoms with Gasteiger partial charge >= 0.3 is 0 Å². The predicted octanol–water partition coefficient (Wildman–Crippen LogP) is 1.50. The van der Waals surface area contributed by atoms with Crippen molar-refractivity contribution in [2.45, 2.75) is 6.54 Å². The maximum absolute atomic E-state index is 11.2. The standard InChI is InChI=1S/C14H21ClN2O2S/c1-20(18,19)10-9-16-5-7-17(8-6-16)12-13-3-2-4-14(15)11-13/h2-4,11H,5-10,12H2,1H3. The van der Waals surface area contributed by atoms with Crippen molar-refractivity contribution in [3.63, 3.8) is 0 Å². The first-order valence-electron chi connectivity index (χ1n) is 6.79. The Morgan fingerprint density at radius 3 is 2.40 bits per heavy atom. The molecule has 2 rings (SSSR count). The van der Waals surface area contributed by atoms with E-state index in [4.69, 9.17) is 11.6 Å². The lowest BCUT2D eigenvalue weighted by molar-refractivity contribution is 0.132. The fourth-order valence-corrected chi connectivity index (χ4v) is 3.16. The number of rotatable bonds is 5. The van der Waals surface area contributed by atoms with Crippen LogP contribution in [-0.4, -0.2) is 63.0 Å². The van der Waals surface area contributed by atoms with Crippen LogP contribution in [-0.2, 0) is 16.4 Å². The quantitative estimate of drug-likeness (QED) is 0.825. The van der Waals surface area contributed by atoms with E-state index in [2.05, 4.69) is 15.9 Å². The molecular weight excluding hydrogens is 296 g/mol. The Morgan fingerprint density at radius 1 is 1.15 bits per heavy atom. The summed E-state index contributed by atoms with van der Waals surface area (Å²) in [5, 5.41) is 0.772. The van der Waals surface area contributed by atoms with E-state index in [0.29, 0.717) is 6.54 Å². The van der Waals surface area contributed by atoms with Crippen LogP contribution in [0.5, 0.6) is 0 Å². The Kier molecular flexibility index (Phi) is 5.43. The summed E-state index contributed by atoms with van der Waals surface area (Å²) < 4.78 is 22.3. The molecule has 1 aromatic rings. The molecule has 0 radical (unpaired) electrons. The zero-order valence-electron chi connectivity index (χ0n) is 11.8. The molecule has 0 amide bonds. The van der Waals surface area contributed by atoms with E-state index in [0.717, 1.165) is 37.7 Å². The summed E-state index contributed by atoms with van der Waals surface area (Å²) in [6.45, 7) is 5.34. The molecule has 1 fully saturated rings. The normalized spacial score (nSPS) is 18.3. The molecule has 1 saturated heterocycles. The number of hydrogen-bond acceptors (Lipinski definition) is 4. The second kappa shape index (κ2) is 6.89. The summed E-state index contributed by atoms with van der Waals surface area (Å²) in [7, 11) is -2.86. The van der Waals surface area contributed by atoms with E-state index >= 15 is 0 Å². The molecule has 0 spiro atoms. The monoisotopic (exact) mass is 316 g/mol. The first-order chi connectivity index (χ1) is 9.42. The van der Waals surface area contributed by atoms with Crippen LogP contribution >= 0.6 is 11.6 Å². The third-order valence-corrected chi connectivity index (χ3v) is 4.70. The van der Waals surface area contributed by atoms with Gasteiger partial charge in [-0.1, -0.05) is 23.7 Å². The molecule has 0 N–H and O–H groups in total. The summed E-state index contributed by atoms with van der Waals surface area (Å²) in [6.07, 6.45) is 1.29. The average molecular weight is 317 g/mol. The van der Waals surface area contributed by atoms with Crippen molar-refractivity contribution >= 4 is 21.4 Å². The second-order valence-electron chi connectivity index (χ2n) is 5.38. The topological polar surface area (TPSA) is 40.6 Å². The van der Waals surface area contributed by atoms with E-state index < -0.39 is 9.84 Å². The molecule has 0 saturated carbocycles.